The first-order chi connectivity index (χ1) is 10.2. The molecule has 0 spiro atoms. The molecule has 1 heterocycles. The van der Waals surface area contributed by atoms with Crippen LogP contribution in [0.3, 0.4) is 0 Å². The Bertz CT molecular complexity index is 711. The largest absolute Gasteiger partial charge is 0.323 e. The smallest absolute Gasteiger partial charge is 0.114 e. The Labute approximate surface area is 137 Å². The molecule has 2 aromatic carbocycles. The van der Waals surface area contributed by atoms with Gasteiger partial charge in [-0.2, -0.15) is 0 Å². The fraction of sp³-hybridized carbons (Fsp3) is 0.333. The average Bonchev–Trinajstić information content (AvgIpc) is 2.52. The summed E-state index contributed by atoms with van der Waals surface area (Å²) < 4.78 is 0. The fourth-order valence-electron chi connectivity index (χ4n) is 3.03. The maximum absolute atomic E-state index is 5.72. The second-order valence-electron chi connectivity index (χ2n) is 5.47. The van der Waals surface area contributed by atoms with Crippen molar-refractivity contribution < 1.29 is 0 Å². The number of aryl methyl sites for hydroxylation is 1. The zero-order chi connectivity index (χ0) is 15.0. The van der Waals surface area contributed by atoms with E-state index in [0.717, 1.165) is 46.9 Å². The van der Waals surface area contributed by atoms with Gasteiger partial charge in [-0.3, -0.25) is 0 Å². The second-order valence-corrected chi connectivity index (χ2v) is 6.24. The molecule has 1 aliphatic heterocycles. The number of benzene rings is 2. The summed E-state index contributed by atoms with van der Waals surface area (Å²) in [5, 5.41) is 2.55. The van der Waals surface area contributed by atoms with E-state index in [1.807, 2.05) is 0 Å². The Morgan fingerprint density at radius 2 is 1.67 bits per heavy atom. The quantitative estimate of drug-likeness (QED) is 0.741. The highest BCUT2D eigenvalue weighted by Crippen LogP contribution is 2.33. The molecule has 1 aliphatic rings. The molecule has 0 radical (unpaired) electrons. The molecule has 0 bridgehead atoms. The fourth-order valence-corrected chi connectivity index (χ4v) is 3.80. The van der Waals surface area contributed by atoms with Crippen molar-refractivity contribution in [3.05, 3.63) is 47.0 Å². The van der Waals surface area contributed by atoms with E-state index in [1.165, 1.54) is 16.3 Å². The van der Waals surface area contributed by atoms with E-state index in [2.05, 4.69) is 49.1 Å². The highest BCUT2D eigenvalue weighted by atomic mass is 32.1. The molecular weight excluding hydrogens is 294 g/mol. The average molecular weight is 313 g/mol. The predicted molar refractivity (Wildman–Crippen MR) is 98.3 cm³/mol. The maximum atomic E-state index is 5.72. The van der Waals surface area contributed by atoms with Crippen molar-refractivity contribution >= 4 is 45.2 Å². The first-order valence-corrected chi connectivity index (χ1v) is 8.41. The van der Waals surface area contributed by atoms with Crippen molar-refractivity contribution in [2.24, 2.45) is 0 Å². The minimum atomic E-state index is 0.889. The van der Waals surface area contributed by atoms with Crippen molar-refractivity contribution in [3.63, 3.8) is 0 Å². The molecule has 108 valence electrons. The van der Waals surface area contributed by atoms with Gasteiger partial charge in [0.2, 0.25) is 0 Å². The van der Waals surface area contributed by atoms with Crippen LogP contribution in [0.25, 0.3) is 10.8 Å². The van der Waals surface area contributed by atoms with Gasteiger partial charge in [0, 0.05) is 23.1 Å². The summed E-state index contributed by atoms with van der Waals surface area (Å²) in [6.07, 6.45) is 3.28. The highest BCUT2D eigenvalue weighted by molar-refractivity contribution is 7.82. The molecule has 3 heteroatoms. The van der Waals surface area contributed by atoms with Gasteiger partial charge in [0.25, 0.3) is 0 Å². The summed E-state index contributed by atoms with van der Waals surface area (Å²) >= 11 is 11.4. The van der Waals surface area contributed by atoms with E-state index in [4.69, 9.17) is 24.4 Å². The first-order valence-electron chi connectivity index (χ1n) is 7.59. The molecule has 0 aromatic heterocycles. The Morgan fingerprint density at radius 1 is 0.952 bits per heavy atom. The van der Waals surface area contributed by atoms with Crippen LogP contribution in [-0.2, 0) is 6.42 Å². The van der Waals surface area contributed by atoms with Crippen molar-refractivity contribution in [3.8, 4) is 0 Å². The summed E-state index contributed by atoms with van der Waals surface area (Å²) in [6, 6.07) is 10.8. The van der Waals surface area contributed by atoms with Gasteiger partial charge < -0.3 is 4.90 Å². The molecule has 0 saturated heterocycles. The van der Waals surface area contributed by atoms with Crippen LogP contribution in [0.5, 0.6) is 0 Å². The zero-order valence-corrected chi connectivity index (χ0v) is 14.1. The summed E-state index contributed by atoms with van der Waals surface area (Å²) in [6.45, 7) is 5.30. The molecule has 3 rings (SSSR count). The van der Waals surface area contributed by atoms with Crippen LogP contribution >= 0.6 is 24.4 Å². The summed E-state index contributed by atoms with van der Waals surface area (Å²) in [4.78, 5) is 3.91. The third-order valence-electron chi connectivity index (χ3n) is 4.20. The van der Waals surface area contributed by atoms with Gasteiger partial charge >= 0.3 is 0 Å². The van der Waals surface area contributed by atoms with Crippen LogP contribution in [-0.4, -0.2) is 21.4 Å². The van der Waals surface area contributed by atoms with E-state index in [9.17, 15) is 0 Å². The monoisotopic (exact) mass is 313 g/mol. The van der Waals surface area contributed by atoms with Gasteiger partial charge in [-0.1, -0.05) is 75.0 Å². The lowest BCUT2D eigenvalue weighted by Gasteiger charge is -2.32. The molecule has 0 amide bonds. The summed E-state index contributed by atoms with van der Waals surface area (Å²) in [5.41, 5.74) is 3.69. The van der Waals surface area contributed by atoms with Gasteiger partial charge in [-0.25, -0.2) is 0 Å². The van der Waals surface area contributed by atoms with Crippen molar-refractivity contribution in [1.82, 2.24) is 4.90 Å². The first kappa shape index (κ1) is 14.6. The molecule has 21 heavy (non-hydrogen) atoms. The molecule has 0 atom stereocenters. The van der Waals surface area contributed by atoms with Gasteiger partial charge in [-0.15, -0.1) is 0 Å². The lowest BCUT2D eigenvalue weighted by molar-refractivity contribution is 0.583. The molecule has 0 saturated carbocycles. The number of nitrogens with zero attached hydrogens (tertiary/aromatic N) is 1. The van der Waals surface area contributed by atoms with Crippen LogP contribution in [0.4, 0.5) is 0 Å². The van der Waals surface area contributed by atoms with Gasteiger partial charge in [0.15, 0.2) is 0 Å². The predicted octanol–water partition coefficient (Wildman–Crippen LogP) is 4.87. The Balaban J connectivity index is 2.22. The third kappa shape index (κ3) is 2.29. The SMILES string of the molecule is CCCCN1C(=S)c2cccc3c(CC)ccc(c23)C1=S. The lowest BCUT2D eigenvalue weighted by Crippen LogP contribution is -2.39. The lowest BCUT2D eigenvalue weighted by atomic mass is 9.91. The topological polar surface area (TPSA) is 3.24 Å². The molecular formula is C18H19NS2. The minimum absolute atomic E-state index is 0.889. The Morgan fingerprint density at radius 3 is 2.33 bits per heavy atom. The number of hydrogen-bond donors (Lipinski definition) is 0. The minimum Gasteiger partial charge on any atom is -0.323 e. The Hall–Kier alpha value is -1.32. The van der Waals surface area contributed by atoms with Crippen molar-refractivity contribution in [2.75, 3.05) is 6.54 Å². The molecule has 2 aromatic rings. The standard InChI is InChI=1S/C18H19NS2/c1-3-5-11-19-17(20)14-8-6-7-13-12(4-2)9-10-15(16(13)14)18(19)21/h6-10H,3-5,11H2,1-2H3. The molecule has 0 N–H and O–H groups in total. The van der Waals surface area contributed by atoms with Crippen molar-refractivity contribution in [2.45, 2.75) is 33.1 Å². The Kier molecular flexibility index (Phi) is 4.05. The number of rotatable bonds is 4. The van der Waals surface area contributed by atoms with E-state index in [0.29, 0.717) is 0 Å². The molecule has 0 unspecified atom stereocenters. The third-order valence-corrected chi connectivity index (χ3v) is 5.08. The van der Waals surface area contributed by atoms with Gasteiger partial charge in [0.05, 0.1) is 0 Å². The second kappa shape index (κ2) is 5.82. The van der Waals surface area contributed by atoms with E-state index in [1.54, 1.807) is 0 Å². The number of hydrogen-bond acceptors (Lipinski definition) is 2. The zero-order valence-electron chi connectivity index (χ0n) is 12.5. The van der Waals surface area contributed by atoms with Gasteiger partial charge in [0.1, 0.15) is 9.98 Å². The van der Waals surface area contributed by atoms with Crippen LogP contribution < -0.4 is 0 Å². The normalized spacial score (nSPS) is 14.1. The van der Waals surface area contributed by atoms with E-state index < -0.39 is 0 Å². The highest BCUT2D eigenvalue weighted by Gasteiger charge is 2.27. The van der Waals surface area contributed by atoms with Crippen LogP contribution in [0.15, 0.2) is 30.3 Å². The van der Waals surface area contributed by atoms with Gasteiger partial charge in [-0.05, 0) is 23.8 Å². The van der Waals surface area contributed by atoms with Crippen LogP contribution in [0, 0.1) is 0 Å². The number of unbranched alkanes of at least 4 members (excludes halogenated alkanes) is 1. The van der Waals surface area contributed by atoms with Crippen LogP contribution in [0.2, 0.25) is 0 Å². The van der Waals surface area contributed by atoms with E-state index >= 15 is 0 Å². The maximum Gasteiger partial charge on any atom is 0.114 e. The number of thiocarbonyl (C=S) groups is 2. The molecule has 0 aliphatic carbocycles. The summed E-state index contributed by atoms with van der Waals surface area (Å²) in [7, 11) is 0. The summed E-state index contributed by atoms with van der Waals surface area (Å²) in [5.74, 6) is 0. The van der Waals surface area contributed by atoms with Crippen LogP contribution in [0.1, 0.15) is 43.4 Å². The van der Waals surface area contributed by atoms with Crippen molar-refractivity contribution in [1.29, 1.82) is 0 Å². The molecule has 1 nitrogen and oxygen atoms in total. The molecule has 0 fully saturated rings. The van der Waals surface area contributed by atoms with E-state index in [-0.39, 0.29) is 0 Å².